The van der Waals surface area contributed by atoms with Gasteiger partial charge in [0.2, 0.25) is 0 Å². The van der Waals surface area contributed by atoms with Crippen molar-refractivity contribution in [2.45, 2.75) is 0 Å². The van der Waals surface area contributed by atoms with Crippen molar-refractivity contribution in [2.75, 3.05) is 4.90 Å². The molecule has 0 saturated heterocycles. The van der Waals surface area contributed by atoms with Crippen LogP contribution in [0.3, 0.4) is 0 Å². The maximum absolute atomic E-state index is 2.45. The number of hydrogen-bond acceptors (Lipinski definition) is 1. The van der Waals surface area contributed by atoms with Crippen molar-refractivity contribution >= 4 is 60.2 Å². The van der Waals surface area contributed by atoms with E-state index >= 15 is 0 Å². The summed E-state index contributed by atoms with van der Waals surface area (Å²) >= 11 is 0. The lowest BCUT2D eigenvalue weighted by atomic mass is 9.85. The topological polar surface area (TPSA) is 3.24 Å². The first kappa shape index (κ1) is 34.5. The second-order valence-corrected chi connectivity index (χ2v) is 15.2. The van der Waals surface area contributed by atoms with Gasteiger partial charge in [0, 0.05) is 16.9 Å². The van der Waals surface area contributed by atoms with Gasteiger partial charge in [0.05, 0.1) is 5.69 Å². The minimum Gasteiger partial charge on any atom is -0.310 e. The molecule has 0 N–H and O–H groups in total. The Hall–Kier alpha value is -7.74. The van der Waals surface area contributed by atoms with Gasteiger partial charge in [0.1, 0.15) is 0 Å². The van der Waals surface area contributed by atoms with Gasteiger partial charge in [-0.3, -0.25) is 0 Å². The molecule has 0 atom stereocenters. The van der Waals surface area contributed by atoms with Gasteiger partial charge in [-0.25, -0.2) is 0 Å². The highest BCUT2D eigenvalue weighted by atomic mass is 15.1. The van der Waals surface area contributed by atoms with Crippen LogP contribution in [0.5, 0.6) is 0 Å². The summed E-state index contributed by atoms with van der Waals surface area (Å²) in [6, 6.07) is 86.3. The minimum absolute atomic E-state index is 1.09. The van der Waals surface area contributed by atoms with Crippen LogP contribution in [0, 0.1) is 0 Å². The Morgan fingerprint density at radius 2 is 0.678 bits per heavy atom. The first-order chi connectivity index (χ1) is 29.3. The average Bonchev–Trinajstić information content (AvgIpc) is 3.32. The molecule has 0 spiro atoms. The van der Waals surface area contributed by atoms with Gasteiger partial charge in [-0.2, -0.15) is 0 Å². The summed E-state index contributed by atoms with van der Waals surface area (Å²) in [6.07, 6.45) is 0. The maximum atomic E-state index is 2.45. The second-order valence-electron chi connectivity index (χ2n) is 15.2. The van der Waals surface area contributed by atoms with Gasteiger partial charge < -0.3 is 4.90 Å². The van der Waals surface area contributed by atoms with E-state index in [-0.39, 0.29) is 0 Å². The predicted octanol–water partition coefficient (Wildman–Crippen LogP) is 16.4. The van der Waals surface area contributed by atoms with Crippen molar-refractivity contribution in [3.8, 4) is 44.5 Å². The number of fused-ring (bicyclic) bond motifs is 6. The summed E-state index contributed by atoms with van der Waals surface area (Å²) in [7, 11) is 0. The monoisotopic (exact) mass is 749 g/mol. The van der Waals surface area contributed by atoms with Crippen LogP contribution in [0.4, 0.5) is 17.1 Å². The lowest BCUT2D eigenvalue weighted by Gasteiger charge is -2.29. The number of rotatable bonds is 7. The highest BCUT2D eigenvalue weighted by Gasteiger charge is 2.22. The molecule has 0 aliphatic carbocycles. The first-order valence-electron chi connectivity index (χ1n) is 20.3. The van der Waals surface area contributed by atoms with Crippen molar-refractivity contribution in [3.05, 3.63) is 237 Å². The third kappa shape index (κ3) is 6.04. The molecule has 0 radical (unpaired) electrons. The molecule has 59 heavy (non-hydrogen) atoms. The molecule has 0 fully saturated rings. The summed E-state index contributed by atoms with van der Waals surface area (Å²) in [5.74, 6) is 0. The van der Waals surface area contributed by atoms with E-state index in [0.29, 0.717) is 0 Å². The Kier molecular flexibility index (Phi) is 8.56. The average molecular weight is 750 g/mol. The predicted molar refractivity (Wildman–Crippen MR) is 253 cm³/mol. The zero-order valence-electron chi connectivity index (χ0n) is 32.5. The van der Waals surface area contributed by atoms with E-state index in [9.17, 15) is 0 Å². The number of hydrogen-bond donors (Lipinski definition) is 0. The van der Waals surface area contributed by atoms with Crippen LogP contribution in [0.2, 0.25) is 0 Å². The van der Waals surface area contributed by atoms with Crippen LogP contribution in [0.1, 0.15) is 0 Å². The third-order valence-corrected chi connectivity index (χ3v) is 11.8. The van der Waals surface area contributed by atoms with Gasteiger partial charge in [-0.05, 0) is 118 Å². The largest absolute Gasteiger partial charge is 0.310 e. The van der Waals surface area contributed by atoms with E-state index in [4.69, 9.17) is 0 Å². The highest BCUT2D eigenvalue weighted by molar-refractivity contribution is 6.22. The molecule has 0 aliphatic rings. The zero-order valence-corrected chi connectivity index (χ0v) is 32.5. The number of anilines is 3. The van der Waals surface area contributed by atoms with Gasteiger partial charge >= 0.3 is 0 Å². The van der Waals surface area contributed by atoms with Crippen LogP contribution < -0.4 is 4.90 Å². The first-order valence-corrected chi connectivity index (χ1v) is 20.3. The van der Waals surface area contributed by atoms with E-state index in [1.54, 1.807) is 0 Å². The van der Waals surface area contributed by atoms with Crippen molar-refractivity contribution in [2.24, 2.45) is 0 Å². The van der Waals surface area contributed by atoms with Crippen LogP contribution in [-0.4, -0.2) is 0 Å². The van der Waals surface area contributed by atoms with Crippen molar-refractivity contribution < 1.29 is 0 Å². The number of benzene rings is 11. The quantitative estimate of drug-likeness (QED) is 0.147. The van der Waals surface area contributed by atoms with E-state index in [1.165, 1.54) is 87.6 Å². The summed E-state index contributed by atoms with van der Waals surface area (Å²) < 4.78 is 0. The third-order valence-electron chi connectivity index (χ3n) is 11.8. The van der Waals surface area contributed by atoms with Gasteiger partial charge in [-0.15, -0.1) is 0 Å². The maximum Gasteiger partial charge on any atom is 0.0540 e. The van der Waals surface area contributed by atoms with Crippen molar-refractivity contribution in [3.63, 3.8) is 0 Å². The fourth-order valence-corrected chi connectivity index (χ4v) is 9.21. The lowest BCUT2D eigenvalue weighted by Crippen LogP contribution is -2.11. The lowest BCUT2D eigenvalue weighted by molar-refractivity contribution is 1.28. The molecule has 0 saturated carbocycles. The highest BCUT2D eigenvalue weighted by Crippen LogP contribution is 2.48. The van der Waals surface area contributed by atoms with Crippen molar-refractivity contribution in [1.82, 2.24) is 0 Å². The molecule has 0 heterocycles. The standard InChI is InChI=1S/C58H39N/c1-3-19-40(20-4-1)48-29-15-16-36-56(48)59(45-26-17-24-42(37-45)55-39-43-23-7-8-28-47(43)49-30-9-10-33-52(49)55)46-27-18-25-44(38-46)58-54-35-14-12-32-51(54)50-31-11-13-34-53(50)57(58)41-21-5-2-6-22-41/h1-39H. The van der Waals surface area contributed by atoms with Gasteiger partial charge in [-0.1, -0.05) is 200 Å². The summed E-state index contributed by atoms with van der Waals surface area (Å²) in [5, 5.41) is 10.0. The van der Waals surface area contributed by atoms with E-state index in [1.807, 2.05) is 0 Å². The van der Waals surface area contributed by atoms with Crippen molar-refractivity contribution in [1.29, 1.82) is 0 Å². The Bertz CT molecular complexity index is 3330. The summed E-state index contributed by atoms with van der Waals surface area (Å²) in [5.41, 5.74) is 12.9. The molecule has 11 aromatic carbocycles. The van der Waals surface area contributed by atoms with E-state index in [0.717, 1.165) is 17.1 Å². The van der Waals surface area contributed by atoms with Gasteiger partial charge in [0.15, 0.2) is 0 Å². The molecule has 0 bridgehead atoms. The molecule has 11 aromatic rings. The summed E-state index contributed by atoms with van der Waals surface area (Å²) in [4.78, 5) is 2.45. The molecule has 1 heteroatoms. The van der Waals surface area contributed by atoms with E-state index < -0.39 is 0 Å². The molecule has 1 nitrogen and oxygen atoms in total. The normalized spacial score (nSPS) is 11.4. The molecule has 0 unspecified atom stereocenters. The molecule has 276 valence electrons. The molecule has 11 rings (SSSR count). The van der Waals surface area contributed by atoms with E-state index in [2.05, 4.69) is 241 Å². The SMILES string of the molecule is c1ccc(-c2ccccc2N(c2cccc(-c3cc4ccccc4c4ccccc34)c2)c2cccc(-c3c(-c4ccccc4)c4ccccc4c4ccccc34)c2)cc1. The van der Waals surface area contributed by atoms with Gasteiger partial charge in [0.25, 0.3) is 0 Å². The number of nitrogens with zero attached hydrogens (tertiary/aromatic N) is 1. The molecule has 0 amide bonds. The molecular formula is C58H39N. The minimum atomic E-state index is 1.09. The smallest absolute Gasteiger partial charge is 0.0540 e. The Labute approximate surface area is 344 Å². The molecular weight excluding hydrogens is 711 g/mol. The second kappa shape index (κ2) is 14.6. The van der Waals surface area contributed by atoms with Crippen LogP contribution in [0.25, 0.3) is 87.6 Å². The summed E-state index contributed by atoms with van der Waals surface area (Å²) in [6.45, 7) is 0. The Morgan fingerprint density at radius 3 is 1.34 bits per heavy atom. The number of para-hydroxylation sites is 1. The fraction of sp³-hybridized carbons (Fsp3) is 0. The van der Waals surface area contributed by atoms with Crippen LogP contribution >= 0.6 is 0 Å². The van der Waals surface area contributed by atoms with Crippen LogP contribution in [-0.2, 0) is 0 Å². The Morgan fingerprint density at radius 1 is 0.237 bits per heavy atom. The molecule has 0 aromatic heterocycles. The van der Waals surface area contributed by atoms with Crippen LogP contribution in [0.15, 0.2) is 237 Å². The fourth-order valence-electron chi connectivity index (χ4n) is 9.21. The Balaban J connectivity index is 1.17. The molecule has 0 aliphatic heterocycles. The zero-order chi connectivity index (χ0) is 39.1.